The molecule has 2 amide bonds. The van der Waals surface area contributed by atoms with Gasteiger partial charge in [-0.1, -0.05) is 23.2 Å². The van der Waals surface area contributed by atoms with Gasteiger partial charge in [0.2, 0.25) is 5.95 Å². The predicted molar refractivity (Wildman–Crippen MR) is 98.6 cm³/mol. The van der Waals surface area contributed by atoms with Gasteiger partial charge in [-0.2, -0.15) is 0 Å². The normalized spacial score (nSPS) is 13.4. The molecule has 3 rings (SSSR count). The van der Waals surface area contributed by atoms with Gasteiger partial charge in [-0.25, -0.2) is 9.78 Å². The summed E-state index contributed by atoms with van der Waals surface area (Å²) in [5, 5.41) is 6.51. The molecule has 0 saturated heterocycles. The van der Waals surface area contributed by atoms with Crippen molar-refractivity contribution >= 4 is 40.9 Å². The van der Waals surface area contributed by atoms with Crippen molar-refractivity contribution < 1.29 is 4.79 Å². The zero-order valence-electron chi connectivity index (χ0n) is 13.8. The summed E-state index contributed by atoms with van der Waals surface area (Å²) in [7, 11) is 3.37. The Morgan fingerprint density at radius 1 is 1.32 bits per heavy atom. The van der Waals surface area contributed by atoms with Crippen LogP contribution in [0.1, 0.15) is 11.3 Å². The minimum absolute atomic E-state index is 0.0878. The number of halogens is 2. The lowest BCUT2D eigenvalue weighted by Gasteiger charge is -2.28. The van der Waals surface area contributed by atoms with E-state index in [2.05, 4.69) is 15.6 Å². The van der Waals surface area contributed by atoms with E-state index >= 15 is 0 Å². The summed E-state index contributed by atoms with van der Waals surface area (Å²) in [6.45, 7) is 0.691. The van der Waals surface area contributed by atoms with Crippen molar-refractivity contribution in [3.05, 3.63) is 49.9 Å². The maximum atomic E-state index is 12.5. The van der Waals surface area contributed by atoms with E-state index in [0.29, 0.717) is 45.9 Å². The molecule has 7 nitrogen and oxygen atoms in total. The SMILES string of the molecule is CNc1nc2c(c(=O)n1C)CCN(C(=O)Nc1ccc(Cl)cc1Cl)C2. The zero-order chi connectivity index (χ0) is 18.1. The lowest BCUT2D eigenvalue weighted by Crippen LogP contribution is -2.42. The number of carbonyl (C=O) groups is 1. The van der Waals surface area contributed by atoms with Gasteiger partial charge < -0.3 is 15.5 Å². The number of fused-ring (bicyclic) bond motifs is 1. The Morgan fingerprint density at radius 3 is 2.76 bits per heavy atom. The molecule has 1 aromatic carbocycles. The van der Waals surface area contributed by atoms with Crippen LogP contribution in [0.4, 0.5) is 16.4 Å². The predicted octanol–water partition coefficient (Wildman–Crippen LogP) is 2.72. The monoisotopic (exact) mass is 381 g/mol. The van der Waals surface area contributed by atoms with Crippen molar-refractivity contribution in [2.24, 2.45) is 7.05 Å². The topological polar surface area (TPSA) is 79.3 Å². The number of amides is 2. The number of rotatable bonds is 2. The Hall–Kier alpha value is -2.25. The lowest BCUT2D eigenvalue weighted by atomic mass is 10.1. The van der Waals surface area contributed by atoms with Gasteiger partial charge >= 0.3 is 6.03 Å². The molecule has 2 heterocycles. The highest BCUT2D eigenvalue weighted by Gasteiger charge is 2.25. The van der Waals surface area contributed by atoms with Gasteiger partial charge in [0.25, 0.3) is 5.56 Å². The number of urea groups is 1. The van der Waals surface area contributed by atoms with Crippen LogP contribution >= 0.6 is 23.2 Å². The first kappa shape index (κ1) is 17.6. The number of carbonyl (C=O) groups excluding carboxylic acids is 1. The number of nitrogens with zero attached hydrogens (tertiary/aromatic N) is 3. The molecule has 0 radical (unpaired) electrons. The first-order valence-electron chi connectivity index (χ1n) is 7.68. The molecule has 132 valence electrons. The van der Waals surface area contributed by atoms with Crippen molar-refractivity contribution in [3.63, 3.8) is 0 Å². The van der Waals surface area contributed by atoms with Crippen molar-refractivity contribution in [2.45, 2.75) is 13.0 Å². The van der Waals surface area contributed by atoms with Crippen LogP contribution in [0.15, 0.2) is 23.0 Å². The fourth-order valence-corrected chi connectivity index (χ4v) is 3.22. The van der Waals surface area contributed by atoms with E-state index in [9.17, 15) is 9.59 Å². The molecule has 1 aromatic heterocycles. The summed E-state index contributed by atoms with van der Waals surface area (Å²) < 4.78 is 1.47. The quantitative estimate of drug-likeness (QED) is 0.837. The van der Waals surface area contributed by atoms with Gasteiger partial charge in [0.15, 0.2) is 0 Å². The first-order chi connectivity index (χ1) is 11.9. The summed E-state index contributed by atoms with van der Waals surface area (Å²) in [4.78, 5) is 30.9. The van der Waals surface area contributed by atoms with Crippen molar-refractivity contribution in [3.8, 4) is 0 Å². The summed E-state index contributed by atoms with van der Waals surface area (Å²) in [6, 6.07) is 4.56. The Balaban J connectivity index is 1.81. The van der Waals surface area contributed by atoms with Gasteiger partial charge in [0.05, 0.1) is 22.9 Å². The van der Waals surface area contributed by atoms with E-state index in [0.717, 1.165) is 0 Å². The van der Waals surface area contributed by atoms with Crippen LogP contribution in [0.5, 0.6) is 0 Å². The smallest absolute Gasteiger partial charge is 0.322 e. The second-order valence-corrected chi connectivity index (χ2v) is 6.54. The summed E-state index contributed by atoms with van der Waals surface area (Å²) in [6.07, 6.45) is 0.459. The molecule has 2 aromatic rings. The second kappa shape index (κ2) is 6.93. The molecular weight excluding hydrogens is 365 g/mol. The van der Waals surface area contributed by atoms with Crippen LogP contribution in [0.3, 0.4) is 0 Å². The summed E-state index contributed by atoms with van der Waals surface area (Å²) in [5.41, 5.74) is 1.65. The van der Waals surface area contributed by atoms with Gasteiger partial charge in [0, 0.05) is 31.2 Å². The fraction of sp³-hybridized carbons (Fsp3) is 0.312. The number of aromatic nitrogens is 2. The largest absolute Gasteiger partial charge is 0.359 e. The van der Waals surface area contributed by atoms with E-state index in [1.54, 1.807) is 37.2 Å². The van der Waals surface area contributed by atoms with Crippen LogP contribution in [-0.4, -0.2) is 34.1 Å². The Bertz CT molecular complexity index is 897. The standard InChI is InChI=1S/C16H17Cl2N5O2/c1-19-15-20-13-8-23(6-5-10(13)14(24)22(15)2)16(25)21-12-4-3-9(17)7-11(12)18/h3-4,7H,5-6,8H2,1-2H3,(H,19,20)(H,21,25). The molecule has 0 saturated carbocycles. The number of hydrogen-bond acceptors (Lipinski definition) is 4. The highest BCUT2D eigenvalue weighted by molar-refractivity contribution is 6.36. The van der Waals surface area contributed by atoms with Gasteiger partial charge in [-0.3, -0.25) is 9.36 Å². The average molecular weight is 382 g/mol. The van der Waals surface area contributed by atoms with Crippen molar-refractivity contribution in [1.29, 1.82) is 0 Å². The Kier molecular flexibility index (Phi) is 4.87. The maximum Gasteiger partial charge on any atom is 0.322 e. The van der Waals surface area contributed by atoms with Gasteiger partial charge in [-0.05, 0) is 24.6 Å². The summed E-state index contributed by atoms with van der Waals surface area (Å²) >= 11 is 12.0. The maximum absolute atomic E-state index is 12.5. The molecule has 0 aliphatic carbocycles. The van der Waals surface area contributed by atoms with Crippen molar-refractivity contribution in [2.75, 3.05) is 24.2 Å². The van der Waals surface area contributed by atoms with Crippen LogP contribution < -0.4 is 16.2 Å². The highest BCUT2D eigenvalue weighted by atomic mass is 35.5. The number of hydrogen-bond donors (Lipinski definition) is 2. The molecule has 0 atom stereocenters. The fourth-order valence-electron chi connectivity index (χ4n) is 2.76. The van der Waals surface area contributed by atoms with Crippen LogP contribution in [-0.2, 0) is 20.0 Å². The number of nitrogens with one attached hydrogen (secondary N) is 2. The zero-order valence-corrected chi connectivity index (χ0v) is 15.3. The second-order valence-electron chi connectivity index (χ2n) is 5.70. The van der Waals surface area contributed by atoms with Crippen LogP contribution in [0, 0.1) is 0 Å². The average Bonchev–Trinajstić information content (AvgIpc) is 2.60. The van der Waals surface area contributed by atoms with E-state index in [1.165, 1.54) is 4.57 Å². The minimum atomic E-state index is -0.302. The lowest BCUT2D eigenvalue weighted by molar-refractivity contribution is 0.205. The van der Waals surface area contributed by atoms with E-state index in [-0.39, 0.29) is 18.1 Å². The first-order valence-corrected chi connectivity index (χ1v) is 8.43. The highest BCUT2D eigenvalue weighted by Crippen LogP contribution is 2.26. The molecule has 0 unspecified atom stereocenters. The van der Waals surface area contributed by atoms with Crippen molar-refractivity contribution in [1.82, 2.24) is 14.5 Å². The van der Waals surface area contributed by atoms with E-state index in [4.69, 9.17) is 23.2 Å². The Labute approximate surface area is 154 Å². The third kappa shape index (κ3) is 3.43. The molecule has 9 heteroatoms. The minimum Gasteiger partial charge on any atom is -0.359 e. The van der Waals surface area contributed by atoms with Gasteiger partial charge in [-0.15, -0.1) is 0 Å². The van der Waals surface area contributed by atoms with E-state index < -0.39 is 0 Å². The molecule has 25 heavy (non-hydrogen) atoms. The summed E-state index contributed by atoms with van der Waals surface area (Å²) in [5.74, 6) is 0.465. The molecule has 0 bridgehead atoms. The third-order valence-corrected chi connectivity index (χ3v) is 4.67. The third-order valence-electron chi connectivity index (χ3n) is 4.13. The molecule has 1 aliphatic rings. The van der Waals surface area contributed by atoms with E-state index in [1.807, 2.05) is 0 Å². The number of anilines is 2. The van der Waals surface area contributed by atoms with Crippen LogP contribution in [0.2, 0.25) is 10.0 Å². The molecule has 1 aliphatic heterocycles. The molecular formula is C16H17Cl2N5O2. The Morgan fingerprint density at radius 2 is 2.08 bits per heavy atom. The molecule has 0 fully saturated rings. The molecule has 0 spiro atoms. The molecule has 2 N–H and O–H groups in total. The van der Waals surface area contributed by atoms with Crippen LogP contribution in [0.25, 0.3) is 0 Å². The number of benzene rings is 1. The van der Waals surface area contributed by atoms with Gasteiger partial charge in [0.1, 0.15) is 0 Å².